The lowest BCUT2D eigenvalue weighted by Crippen LogP contribution is -2.15. The van der Waals surface area contributed by atoms with E-state index in [-0.39, 0.29) is 0 Å². The molecule has 0 spiro atoms. The minimum Gasteiger partial charge on any atom is -0.313 e. The highest BCUT2D eigenvalue weighted by Gasteiger charge is 2.14. The summed E-state index contributed by atoms with van der Waals surface area (Å²) in [4.78, 5) is 9.09. The molecule has 1 aliphatic rings. The van der Waals surface area contributed by atoms with Gasteiger partial charge in [0.1, 0.15) is 5.82 Å². The van der Waals surface area contributed by atoms with Gasteiger partial charge in [-0.3, -0.25) is 0 Å². The smallest absolute Gasteiger partial charge is 0.142 e. The summed E-state index contributed by atoms with van der Waals surface area (Å²) in [5, 5.41) is 3.09. The molecule has 0 radical (unpaired) electrons. The monoisotopic (exact) mass is 191 g/mol. The Morgan fingerprint density at radius 1 is 1.21 bits per heavy atom. The molecular weight excluding hydrogens is 174 g/mol. The first-order valence-electron chi connectivity index (χ1n) is 5.31. The van der Waals surface area contributed by atoms with Crippen molar-refractivity contribution in [2.24, 2.45) is 0 Å². The van der Waals surface area contributed by atoms with Crippen molar-refractivity contribution < 1.29 is 0 Å². The quantitative estimate of drug-likeness (QED) is 0.767. The first kappa shape index (κ1) is 9.59. The Hall–Kier alpha value is -0.960. The van der Waals surface area contributed by atoms with Crippen molar-refractivity contribution in [2.45, 2.75) is 39.2 Å². The molecule has 1 heterocycles. The minimum atomic E-state index is 0.772. The number of hydrogen-bond acceptors (Lipinski definition) is 3. The van der Waals surface area contributed by atoms with E-state index in [9.17, 15) is 0 Å². The average molecular weight is 191 g/mol. The van der Waals surface area contributed by atoms with Gasteiger partial charge in [-0.05, 0) is 45.2 Å². The van der Waals surface area contributed by atoms with Crippen LogP contribution < -0.4 is 5.32 Å². The lowest BCUT2D eigenvalue weighted by atomic mass is 9.95. The third-order valence-corrected chi connectivity index (χ3v) is 2.77. The molecule has 2 rings (SSSR count). The minimum absolute atomic E-state index is 0.772. The number of nitrogens with one attached hydrogen (secondary N) is 1. The molecule has 1 aromatic heterocycles. The molecule has 0 fully saturated rings. The predicted molar refractivity (Wildman–Crippen MR) is 56.2 cm³/mol. The highest BCUT2D eigenvalue weighted by molar-refractivity contribution is 5.27. The topological polar surface area (TPSA) is 37.8 Å². The van der Waals surface area contributed by atoms with Crippen molar-refractivity contribution in [3.8, 4) is 0 Å². The Kier molecular flexibility index (Phi) is 2.77. The van der Waals surface area contributed by atoms with Crippen molar-refractivity contribution in [1.29, 1.82) is 0 Å². The van der Waals surface area contributed by atoms with Crippen molar-refractivity contribution in [3.05, 3.63) is 22.8 Å². The zero-order valence-electron chi connectivity index (χ0n) is 8.93. The van der Waals surface area contributed by atoms with Gasteiger partial charge in [-0.2, -0.15) is 0 Å². The summed E-state index contributed by atoms with van der Waals surface area (Å²) in [6.45, 7) is 2.87. The molecule has 0 saturated carbocycles. The SMILES string of the molecule is CNCc1nc(C)c2c(n1)CCCC2. The van der Waals surface area contributed by atoms with E-state index in [0.29, 0.717) is 0 Å². The fraction of sp³-hybridized carbons (Fsp3) is 0.636. The highest BCUT2D eigenvalue weighted by atomic mass is 15.0. The number of hydrogen-bond donors (Lipinski definition) is 1. The van der Waals surface area contributed by atoms with E-state index in [1.165, 1.54) is 36.2 Å². The Morgan fingerprint density at radius 2 is 2.00 bits per heavy atom. The van der Waals surface area contributed by atoms with Gasteiger partial charge in [0, 0.05) is 11.4 Å². The van der Waals surface area contributed by atoms with Gasteiger partial charge in [0.2, 0.25) is 0 Å². The molecule has 76 valence electrons. The van der Waals surface area contributed by atoms with Gasteiger partial charge >= 0.3 is 0 Å². The predicted octanol–water partition coefficient (Wildman–Crippen LogP) is 1.38. The van der Waals surface area contributed by atoms with Crippen LogP contribution >= 0.6 is 0 Å². The summed E-state index contributed by atoms with van der Waals surface area (Å²) < 4.78 is 0. The van der Waals surface area contributed by atoms with Crippen molar-refractivity contribution in [2.75, 3.05) is 7.05 Å². The third-order valence-electron chi connectivity index (χ3n) is 2.77. The van der Waals surface area contributed by atoms with Gasteiger partial charge in [-0.15, -0.1) is 0 Å². The summed E-state index contributed by atoms with van der Waals surface area (Å²) in [6.07, 6.45) is 4.88. The Bertz CT molecular complexity index is 334. The molecule has 1 aliphatic carbocycles. The summed E-state index contributed by atoms with van der Waals surface area (Å²) in [7, 11) is 1.93. The average Bonchev–Trinajstić information content (AvgIpc) is 2.18. The summed E-state index contributed by atoms with van der Waals surface area (Å²) in [5.41, 5.74) is 3.87. The molecule has 0 amide bonds. The zero-order valence-corrected chi connectivity index (χ0v) is 8.93. The fourth-order valence-electron chi connectivity index (χ4n) is 2.08. The second-order valence-electron chi connectivity index (χ2n) is 3.89. The van der Waals surface area contributed by atoms with Gasteiger partial charge in [-0.1, -0.05) is 0 Å². The molecule has 0 atom stereocenters. The maximum Gasteiger partial charge on any atom is 0.142 e. The molecule has 1 N–H and O–H groups in total. The summed E-state index contributed by atoms with van der Waals surface area (Å²) >= 11 is 0. The van der Waals surface area contributed by atoms with Crippen LogP contribution in [0.2, 0.25) is 0 Å². The lowest BCUT2D eigenvalue weighted by Gasteiger charge is -2.17. The summed E-state index contributed by atoms with van der Waals surface area (Å²) in [5.74, 6) is 0.936. The van der Waals surface area contributed by atoms with E-state index in [1.54, 1.807) is 0 Å². The van der Waals surface area contributed by atoms with Gasteiger partial charge in [0.15, 0.2) is 0 Å². The number of rotatable bonds is 2. The molecule has 14 heavy (non-hydrogen) atoms. The van der Waals surface area contributed by atoms with Crippen molar-refractivity contribution >= 4 is 0 Å². The number of nitrogens with zero attached hydrogens (tertiary/aromatic N) is 2. The van der Waals surface area contributed by atoms with Gasteiger partial charge < -0.3 is 5.32 Å². The Balaban J connectivity index is 2.36. The highest BCUT2D eigenvalue weighted by Crippen LogP contribution is 2.21. The van der Waals surface area contributed by atoms with Crippen LogP contribution in [0, 0.1) is 6.92 Å². The molecule has 3 heteroatoms. The molecular formula is C11H17N3. The van der Waals surface area contributed by atoms with E-state index >= 15 is 0 Å². The van der Waals surface area contributed by atoms with E-state index < -0.39 is 0 Å². The van der Waals surface area contributed by atoms with Crippen LogP contribution in [0.5, 0.6) is 0 Å². The van der Waals surface area contributed by atoms with Gasteiger partial charge in [-0.25, -0.2) is 9.97 Å². The third kappa shape index (κ3) is 1.77. The molecule has 0 aliphatic heterocycles. The van der Waals surface area contributed by atoms with Crippen LogP contribution in [-0.4, -0.2) is 17.0 Å². The Morgan fingerprint density at radius 3 is 2.79 bits per heavy atom. The second kappa shape index (κ2) is 4.05. The van der Waals surface area contributed by atoms with E-state index in [0.717, 1.165) is 18.8 Å². The van der Waals surface area contributed by atoms with Crippen molar-refractivity contribution in [3.63, 3.8) is 0 Å². The zero-order chi connectivity index (χ0) is 9.97. The maximum atomic E-state index is 4.59. The second-order valence-corrected chi connectivity index (χ2v) is 3.89. The van der Waals surface area contributed by atoms with Crippen LogP contribution in [0.25, 0.3) is 0 Å². The number of aromatic nitrogens is 2. The van der Waals surface area contributed by atoms with Crippen LogP contribution in [0.15, 0.2) is 0 Å². The Labute approximate surface area is 85.0 Å². The standard InChI is InChI=1S/C11H17N3/c1-8-9-5-3-4-6-10(9)14-11(13-8)7-12-2/h12H,3-7H2,1-2H3. The maximum absolute atomic E-state index is 4.59. The van der Waals surface area contributed by atoms with Crippen LogP contribution in [0.4, 0.5) is 0 Å². The molecule has 0 aromatic carbocycles. The van der Waals surface area contributed by atoms with E-state index in [2.05, 4.69) is 22.2 Å². The molecule has 0 saturated heterocycles. The van der Waals surface area contributed by atoms with Crippen LogP contribution in [0.1, 0.15) is 35.6 Å². The lowest BCUT2D eigenvalue weighted by molar-refractivity contribution is 0.638. The summed E-state index contributed by atoms with van der Waals surface area (Å²) in [6, 6.07) is 0. The van der Waals surface area contributed by atoms with Crippen LogP contribution in [-0.2, 0) is 19.4 Å². The van der Waals surface area contributed by atoms with Crippen LogP contribution in [0.3, 0.4) is 0 Å². The molecule has 0 bridgehead atoms. The number of aryl methyl sites for hydroxylation is 2. The first-order valence-corrected chi connectivity index (χ1v) is 5.31. The molecule has 3 nitrogen and oxygen atoms in total. The molecule has 1 aromatic rings. The fourth-order valence-corrected chi connectivity index (χ4v) is 2.08. The normalized spacial score (nSPS) is 15.3. The van der Waals surface area contributed by atoms with Gasteiger partial charge in [0.05, 0.1) is 6.54 Å². The molecule has 0 unspecified atom stereocenters. The van der Waals surface area contributed by atoms with Gasteiger partial charge in [0.25, 0.3) is 0 Å². The first-order chi connectivity index (χ1) is 6.81. The van der Waals surface area contributed by atoms with Crippen molar-refractivity contribution in [1.82, 2.24) is 15.3 Å². The number of fused-ring (bicyclic) bond motifs is 1. The van der Waals surface area contributed by atoms with E-state index in [4.69, 9.17) is 0 Å². The van der Waals surface area contributed by atoms with E-state index in [1.807, 2.05) is 7.05 Å². The largest absolute Gasteiger partial charge is 0.313 e.